The number of rotatable bonds is 2. The molecule has 2 aromatic carbocycles. The first-order valence-corrected chi connectivity index (χ1v) is 7.39. The van der Waals surface area contributed by atoms with Crippen molar-refractivity contribution in [2.45, 2.75) is 18.8 Å². The maximum absolute atomic E-state index is 2.38. The van der Waals surface area contributed by atoms with Crippen molar-refractivity contribution in [3.63, 3.8) is 0 Å². The van der Waals surface area contributed by atoms with E-state index in [0.29, 0.717) is 17.8 Å². The summed E-state index contributed by atoms with van der Waals surface area (Å²) < 4.78 is 0. The maximum Gasteiger partial charge on any atom is 1.00 e. The molecule has 2 aromatic rings. The summed E-state index contributed by atoms with van der Waals surface area (Å²) in [5, 5.41) is 0. The monoisotopic (exact) mass is 266 g/mol. The standard InChI is InChI=1S/C20H18.Li.H/c1-14(17-12-10-15-6-2-4-8-19(15)17)18-13-11-16-7-3-5-9-20(16)18;;/h2-14,17-18H,1H3;;/q;+1;-1. The number of hydrogen-bond acceptors (Lipinski definition) is 0. The first-order chi connectivity index (χ1) is 9.84. The molecule has 0 heterocycles. The van der Waals surface area contributed by atoms with Crippen molar-refractivity contribution in [1.29, 1.82) is 0 Å². The molecule has 4 rings (SSSR count). The van der Waals surface area contributed by atoms with Gasteiger partial charge in [0.2, 0.25) is 0 Å². The van der Waals surface area contributed by atoms with Gasteiger partial charge in [-0.2, -0.15) is 0 Å². The molecule has 21 heavy (non-hydrogen) atoms. The van der Waals surface area contributed by atoms with Gasteiger partial charge in [-0.25, -0.2) is 0 Å². The predicted octanol–water partition coefficient (Wildman–Crippen LogP) is 2.36. The molecule has 2 aliphatic rings. The fraction of sp³-hybridized carbons (Fsp3) is 0.200. The average Bonchev–Trinajstić information content (AvgIpc) is 3.11. The van der Waals surface area contributed by atoms with Gasteiger partial charge in [0.05, 0.1) is 0 Å². The molecule has 0 spiro atoms. The fourth-order valence-corrected chi connectivity index (χ4v) is 3.69. The molecule has 0 radical (unpaired) electrons. The molecule has 0 N–H and O–H groups in total. The van der Waals surface area contributed by atoms with Gasteiger partial charge in [0.1, 0.15) is 0 Å². The largest absolute Gasteiger partial charge is 1.00 e. The molecule has 1 heteroatoms. The molecular weight excluding hydrogens is 247 g/mol. The zero-order valence-corrected chi connectivity index (χ0v) is 12.7. The van der Waals surface area contributed by atoms with E-state index in [4.69, 9.17) is 0 Å². The Balaban J connectivity index is 0.000000882. The Kier molecular flexibility index (Phi) is 3.94. The van der Waals surface area contributed by atoms with Crippen LogP contribution in [0.4, 0.5) is 0 Å². The summed E-state index contributed by atoms with van der Waals surface area (Å²) in [6.07, 6.45) is 9.32. The van der Waals surface area contributed by atoms with Gasteiger partial charge in [-0.3, -0.25) is 0 Å². The Morgan fingerprint density at radius 1 is 0.762 bits per heavy atom. The van der Waals surface area contributed by atoms with Gasteiger partial charge >= 0.3 is 18.9 Å². The second-order valence-corrected chi connectivity index (χ2v) is 5.89. The first-order valence-electron chi connectivity index (χ1n) is 7.39. The van der Waals surface area contributed by atoms with Gasteiger partial charge in [0.25, 0.3) is 0 Å². The molecule has 0 nitrogen and oxygen atoms in total. The van der Waals surface area contributed by atoms with Crippen LogP contribution in [0.25, 0.3) is 12.2 Å². The van der Waals surface area contributed by atoms with Gasteiger partial charge in [-0.15, -0.1) is 0 Å². The van der Waals surface area contributed by atoms with Crippen LogP contribution in [0.3, 0.4) is 0 Å². The van der Waals surface area contributed by atoms with Crippen molar-refractivity contribution >= 4 is 12.2 Å². The Labute approximate surface area is 140 Å². The summed E-state index contributed by atoms with van der Waals surface area (Å²) in [6.45, 7) is 2.38. The van der Waals surface area contributed by atoms with E-state index in [-0.39, 0.29) is 20.3 Å². The third-order valence-corrected chi connectivity index (χ3v) is 4.81. The van der Waals surface area contributed by atoms with E-state index in [2.05, 4.69) is 79.8 Å². The van der Waals surface area contributed by atoms with Crippen LogP contribution < -0.4 is 18.9 Å². The molecule has 0 aromatic heterocycles. The minimum absolute atomic E-state index is 0. The fourth-order valence-electron chi connectivity index (χ4n) is 3.69. The Morgan fingerprint density at radius 3 is 1.67 bits per heavy atom. The summed E-state index contributed by atoms with van der Waals surface area (Å²) >= 11 is 0. The zero-order valence-electron chi connectivity index (χ0n) is 13.7. The van der Waals surface area contributed by atoms with Gasteiger partial charge in [0.15, 0.2) is 0 Å². The Morgan fingerprint density at radius 2 is 1.19 bits per heavy atom. The Bertz CT molecular complexity index is 656. The third-order valence-electron chi connectivity index (χ3n) is 4.81. The van der Waals surface area contributed by atoms with Crippen LogP contribution in [-0.2, 0) is 0 Å². The summed E-state index contributed by atoms with van der Waals surface area (Å²) in [5.41, 5.74) is 5.75. The molecular formula is C20H19Li. The van der Waals surface area contributed by atoms with E-state index >= 15 is 0 Å². The van der Waals surface area contributed by atoms with Gasteiger partial charge in [-0.1, -0.05) is 79.8 Å². The van der Waals surface area contributed by atoms with E-state index < -0.39 is 0 Å². The first kappa shape index (κ1) is 14.5. The number of fused-ring (bicyclic) bond motifs is 2. The van der Waals surface area contributed by atoms with Crippen LogP contribution in [0.15, 0.2) is 60.7 Å². The molecule has 2 atom stereocenters. The quantitative estimate of drug-likeness (QED) is 0.732. The van der Waals surface area contributed by atoms with Crippen LogP contribution in [0.1, 0.15) is 42.4 Å². The van der Waals surface area contributed by atoms with E-state index in [1.165, 1.54) is 22.3 Å². The van der Waals surface area contributed by atoms with Crippen LogP contribution in [0.2, 0.25) is 0 Å². The van der Waals surface area contributed by atoms with Crippen molar-refractivity contribution in [3.8, 4) is 0 Å². The molecule has 0 fully saturated rings. The van der Waals surface area contributed by atoms with E-state index in [0.717, 1.165) is 0 Å². The van der Waals surface area contributed by atoms with Crippen LogP contribution in [0, 0.1) is 5.92 Å². The van der Waals surface area contributed by atoms with Crippen LogP contribution in [-0.4, -0.2) is 0 Å². The average molecular weight is 266 g/mol. The minimum atomic E-state index is 0. The maximum atomic E-state index is 2.38. The smallest absolute Gasteiger partial charge is 1.00 e. The molecule has 100 valence electrons. The number of benzene rings is 2. The number of allylic oxidation sites excluding steroid dienone is 2. The molecule has 0 amide bonds. The topological polar surface area (TPSA) is 0 Å². The zero-order chi connectivity index (χ0) is 13.5. The molecule has 0 saturated carbocycles. The summed E-state index contributed by atoms with van der Waals surface area (Å²) in [5.74, 6) is 1.66. The second kappa shape index (κ2) is 5.72. The van der Waals surface area contributed by atoms with Crippen LogP contribution in [0.5, 0.6) is 0 Å². The molecule has 2 aliphatic carbocycles. The van der Waals surface area contributed by atoms with Crippen LogP contribution >= 0.6 is 0 Å². The van der Waals surface area contributed by atoms with Crippen molar-refractivity contribution in [2.75, 3.05) is 0 Å². The van der Waals surface area contributed by atoms with Gasteiger partial charge in [0, 0.05) is 11.8 Å². The van der Waals surface area contributed by atoms with E-state index in [9.17, 15) is 0 Å². The normalized spacial score (nSPS) is 22.5. The summed E-state index contributed by atoms with van der Waals surface area (Å²) in [6, 6.07) is 17.6. The minimum Gasteiger partial charge on any atom is -1.00 e. The van der Waals surface area contributed by atoms with Crippen molar-refractivity contribution in [3.05, 3.63) is 82.9 Å². The molecule has 0 saturated heterocycles. The predicted molar refractivity (Wildman–Crippen MR) is 86.7 cm³/mol. The van der Waals surface area contributed by atoms with Gasteiger partial charge in [-0.05, 0) is 28.2 Å². The number of hydrogen-bond donors (Lipinski definition) is 0. The second-order valence-electron chi connectivity index (χ2n) is 5.89. The molecule has 2 unspecified atom stereocenters. The van der Waals surface area contributed by atoms with E-state index in [1.54, 1.807) is 0 Å². The SMILES string of the molecule is CC(C1C=Cc2ccccc21)C1C=Cc2ccccc21.[H-].[Li+]. The van der Waals surface area contributed by atoms with Crippen molar-refractivity contribution in [1.82, 2.24) is 0 Å². The van der Waals surface area contributed by atoms with Crippen molar-refractivity contribution in [2.24, 2.45) is 5.92 Å². The molecule has 0 aliphatic heterocycles. The van der Waals surface area contributed by atoms with E-state index in [1.807, 2.05) is 0 Å². The van der Waals surface area contributed by atoms with Gasteiger partial charge < -0.3 is 1.43 Å². The van der Waals surface area contributed by atoms with Crippen molar-refractivity contribution < 1.29 is 20.3 Å². The third kappa shape index (κ3) is 2.33. The molecule has 0 bridgehead atoms. The Hall–Kier alpha value is -1.48. The summed E-state index contributed by atoms with van der Waals surface area (Å²) in [7, 11) is 0. The summed E-state index contributed by atoms with van der Waals surface area (Å²) in [4.78, 5) is 0.